The first-order valence-corrected chi connectivity index (χ1v) is 7.07. The van der Waals surface area contributed by atoms with Crippen LogP contribution in [-0.2, 0) is 20.0 Å². The zero-order chi connectivity index (χ0) is 12.3. The van der Waals surface area contributed by atoms with Gasteiger partial charge >= 0.3 is 15.5 Å². The normalized spacial score (nSPS) is 13.2. The van der Waals surface area contributed by atoms with Crippen molar-refractivity contribution in [1.29, 1.82) is 0 Å². The van der Waals surface area contributed by atoms with E-state index in [4.69, 9.17) is 11.6 Å². The second-order valence-corrected chi connectivity index (χ2v) is 6.55. The van der Waals surface area contributed by atoms with Crippen molar-refractivity contribution in [1.82, 2.24) is 4.13 Å². The Morgan fingerprint density at radius 2 is 1.56 bits per heavy atom. The van der Waals surface area contributed by atoms with Crippen LogP contribution in [0.15, 0.2) is 0 Å². The van der Waals surface area contributed by atoms with Gasteiger partial charge in [0.05, 0.1) is 5.75 Å². The van der Waals surface area contributed by atoms with Crippen LogP contribution in [0.3, 0.4) is 0 Å². The molecule has 0 bridgehead atoms. The van der Waals surface area contributed by atoms with Crippen molar-refractivity contribution in [3.63, 3.8) is 0 Å². The van der Waals surface area contributed by atoms with E-state index in [9.17, 15) is 30.0 Å². The molecule has 5 nitrogen and oxygen atoms in total. The van der Waals surface area contributed by atoms with E-state index >= 15 is 0 Å². The van der Waals surface area contributed by atoms with Gasteiger partial charge in [0.1, 0.15) is 0 Å². The van der Waals surface area contributed by atoms with E-state index in [1.54, 1.807) is 0 Å². The summed E-state index contributed by atoms with van der Waals surface area (Å²) in [4.78, 5) is 0. The maximum atomic E-state index is 11.7. The maximum absolute atomic E-state index is 11.7. The minimum atomic E-state index is -5.87. The second kappa shape index (κ2) is 7.24. The monoisotopic (exact) mass is 328 g/mol. The van der Waals surface area contributed by atoms with Gasteiger partial charge in [0.25, 0.3) is 0 Å². The molecule has 0 fully saturated rings. The van der Waals surface area contributed by atoms with Crippen molar-refractivity contribution in [2.24, 2.45) is 0 Å². The largest absolute Gasteiger partial charge is 0.512 e. The fraction of sp³-hybridized carbons (Fsp3) is 1.00. The van der Waals surface area contributed by atoms with Crippen LogP contribution in [0.2, 0.25) is 0 Å². The topological polar surface area (TPSA) is 80.3 Å². The molecule has 0 atom stereocenters. The molecule has 16 heavy (non-hydrogen) atoms. The standard InChI is InChI=1S/C4H7ClF3NO4S2.K/c5-2-1-3-14(10,11)9-15(12,13)4(6,7)8;/h9H,1-3H2;. The van der Waals surface area contributed by atoms with Gasteiger partial charge in [-0.05, 0) is 6.42 Å². The molecule has 0 aliphatic heterocycles. The minimum absolute atomic E-state index is 0. The van der Waals surface area contributed by atoms with Crippen LogP contribution in [0.1, 0.15) is 6.42 Å². The van der Waals surface area contributed by atoms with Gasteiger partial charge in [-0.15, -0.1) is 15.7 Å². The van der Waals surface area contributed by atoms with Gasteiger partial charge in [-0.25, -0.2) is 16.8 Å². The van der Waals surface area contributed by atoms with Crippen LogP contribution in [0.5, 0.6) is 0 Å². The minimum Gasteiger partial charge on any atom is -0.211 e. The zero-order valence-electron chi connectivity index (χ0n) is 8.08. The molecular weight excluding hydrogens is 322 g/mol. The Morgan fingerprint density at radius 3 is 1.88 bits per heavy atom. The Morgan fingerprint density at radius 1 is 1.12 bits per heavy atom. The van der Waals surface area contributed by atoms with Crippen LogP contribution < -0.4 is 4.13 Å². The summed E-state index contributed by atoms with van der Waals surface area (Å²) in [6.07, 6.45) is -0.149. The van der Waals surface area contributed by atoms with Crippen LogP contribution in [0.4, 0.5) is 13.2 Å². The molecule has 0 saturated carbocycles. The predicted octanol–water partition coefficient (Wildman–Crippen LogP) is 0.00350. The quantitative estimate of drug-likeness (QED) is 0.569. The van der Waals surface area contributed by atoms with E-state index in [-0.39, 0.29) is 63.7 Å². The van der Waals surface area contributed by atoms with Gasteiger partial charge in [0, 0.05) is 57.3 Å². The first-order valence-electron chi connectivity index (χ1n) is 3.40. The number of rotatable bonds is 5. The summed E-state index contributed by atoms with van der Waals surface area (Å²) < 4.78 is 78.2. The van der Waals surface area contributed by atoms with E-state index in [2.05, 4.69) is 0 Å². The third kappa shape index (κ3) is 7.11. The summed E-state index contributed by atoms with van der Waals surface area (Å²) >= 11 is 5.10. The molecular formula is C4H7ClF3KNO4S2. The number of sulfonamides is 2. The number of halogens is 4. The van der Waals surface area contributed by atoms with Crippen molar-refractivity contribution < 1.29 is 30.0 Å². The average Bonchev–Trinajstić information content (AvgIpc) is 1.96. The van der Waals surface area contributed by atoms with E-state index in [0.29, 0.717) is 4.13 Å². The molecule has 0 heterocycles. The number of nitrogens with one attached hydrogen (secondary N) is 1. The predicted molar refractivity (Wildman–Crippen MR) is 53.0 cm³/mol. The van der Waals surface area contributed by atoms with Gasteiger partial charge < -0.3 is 0 Å². The molecule has 1 radical (unpaired) electrons. The van der Waals surface area contributed by atoms with Gasteiger partial charge in [0.15, 0.2) is 0 Å². The molecule has 0 rings (SSSR count). The molecule has 0 aromatic carbocycles. The van der Waals surface area contributed by atoms with Gasteiger partial charge in [-0.1, -0.05) is 0 Å². The average molecular weight is 329 g/mol. The van der Waals surface area contributed by atoms with E-state index in [1.165, 1.54) is 0 Å². The molecule has 0 aromatic rings. The van der Waals surface area contributed by atoms with Crippen molar-refractivity contribution in [3.05, 3.63) is 0 Å². The molecule has 0 aromatic heterocycles. The molecule has 0 unspecified atom stereocenters. The smallest absolute Gasteiger partial charge is 0.211 e. The van der Waals surface area contributed by atoms with Crippen LogP contribution in [0.25, 0.3) is 0 Å². The van der Waals surface area contributed by atoms with Gasteiger partial charge in [0.2, 0.25) is 10.0 Å². The summed E-state index contributed by atoms with van der Waals surface area (Å²) in [6, 6.07) is 0. The van der Waals surface area contributed by atoms with Crippen molar-refractivity contribution in [2.75, 3.05) is 11.6 Å². The van der Waals surface area contributed by atoms with Gasteiger partial charge in [-0.2, -0.15) is 13.2 Å². The fourth-order valence-electron chi connectivity index (χ4n) is 0.501. The first-order chi connectivity index (χ1) is 6.52. The molecule has 0 amide bonds. The molecule has 93 valence electrons. The third-order valence-electron chi connectivity index (χ3n) is 1.09. The maximum Gasteiger partial charge on any atom is 0.512 e. The SMILES string of the molecule is O=S(=O)(CCCCl)NS(=O)(=O)C(F)(F)F.[K]. The number of alkyl halides is 4. The molecule has 1 N–H and O–H groups in total. The molecule has 0 aliphatic carbocycles. The van der Waals surface area contributed by atoms with Crippen molar-refractivity contribution >= 4 is 83.0 Å². The summed E-state index contributed by atoms with van der Waals surface area (Å²) in [5.41, 5.74) is -5.65. The van der Waals surface area contributed by atoms with E-state index < -0.39 is 31.3 Å². The van der Waals surface area contributed by atoms with Crippen LogP contribution in [-0.4, -0.2) is 85.4 Å². The zero-order valence-corrected chi connectivity index (χ0v) is 13.6. The summed E-state index contributed by atoms with van der Waals surface area (Å²) in [5, 5.41) is 0. The Bertz CT molecular complexity index is 405. The van der Waals surface area contributed by atoms with Gasteiger partial charge in [-0.3, -0.25) is 0 Å². The number of hydrogen-bond donors (Lipinski definition) is 1. The van der Waals surface area contributed by atoms with Crippen LogP contribution >= 0.6 is 11.6 Å². The van der Waals surface area contributed by atoms with Crippen molar-refractivity contribution in [2.45, 2.75) is 11.9 Å². The second-order valence-electron chi connectivity index (χ2n) is 2.39. The summed E-state index contributed by atoms with van der Waals surface area (Å²) in [6.45, 7) is 0. The molecule has 0 aliphatic rings. The molecule has 12 heteroatoms. The Balaban J connectivity index is 0. The first kappa shape index (κ1) is 19.9. The number of hydrogen-bond acceptors (Lipinski definition) is 4. The molecule has 0 saturated heterocycles. The van der Waals surface area contributed by atoms with E-state index in [1.807, 2.05) is 0 Å². The van der Waals surface area contributed by atoms with Crippen LogP contribution in [0, 0.1) is 0 Å². The third-order valence-corrected chi connectivity index (χ3v) is 4.68. The Labute approximate surface area is 139 Å². The molecule has 0 spiro atoms. The Hall–Kier alpha value is 1.58. The summed E-state index contributed by atoms with van der Waals surface area (Å²) in [7, 11) is -10.4. The van der Waals surface area contributed by atoms with E-state index in [0.717, 1.165) is 0 Å². The summed E-state index contributed by atoms with van der Waals surface area (Å²) in [5.74, 6) is -0.890. The Kier molecular flexibility index (Phi) is 9.00. The van der Waals surface area contributed by atoms with Crippen molar-refractivity contribution in [3.8, 4) is 0 Å². The fourth-order valence-corrected chi connectivity index (χ4v) is 3.37.